The van der Waals surface area contributed by atoms with Gasteiger partial charge < -0.3 is 4.42 Å². The van der Waals surface area contributed by atoms with Crippen molar-refractivity contribution in [2.24, 2.45) is 0 Å². The Kier molecular flexibility index (Phi) is 4.26. The number of benzene rings is 2. The maximum absolute atomic E-state index is 5.23. The number of hydrogen-bond acceptors (Lipinski definition) is 3. The second-order valence-corrected chi connectivity index (χ2v) is 7.33. The van der Waals surface area contributed by atoms with E-state index >= 15 is 0 Å². The highest BCUT2D eigenvalue weighted by Crippen LogP contribution is 2.26. The lowest BCUT2D eigenvalue weighted by atomic mass is 10.1. The zero-order chi connectivity index (χ0) is 18.1. The molecule has 1 saturated heterocycles. The van der Waals surface area contributed by atoms with Crippen molar-refractivity contribution in [1.29, 1.82) is 0 Å². The molecule has 0 amide bonds. The topological polar surface area (TPSA) is 34.2 Å². The summed E-state index contributed by atoms with van der Waals surface area (Å²) in [6, 6.07) is 17.2. The summed E-state index contributed by atoms with van der Waals surface area (Å²) in [6.07, 6.45) is 9.43. The molecule has 0 spiro atoms. The van der Waals surface area contributed by atoms with Gasteiger partial charge in [0.25, 0.3) is 0 Å². The van der Waals surface area contributed by atoms with Gasteiger partial charge in [-0.25, -0.2) is 4.98 Å². The average molecular weight is 357 g/mol. The molecule has 0 atom stereocenters. The first kappa shape index (κ1) is 16.3. The van der Waals surface area contributed by atoms with Crippen LogP contribution >= 0.6 is 0 Å². The van der Waals surface area contributed by atoms with E-state index in [1.807, 2.05) is 12.4 Å². The largest absolute Gasteiger partial charge is 0.472 e. The van der Waals surface area contributed by atoms with E-state index in [2.05, 4.69) is 56.9 Å². The van der Waals surface area contributed by atoms with E-state index in [1.54, 1.807) is 12.5 Å². The molecule has 0 N–H and O–H groups in total. The summed E-state index contributed by atoms with van der Waals surface area (Å²) in [6.45, 7) is 3.50. The zero-order valence-corrected chi connectivity index (χ0v) is 15.3. The van der Waals surface area contributed by atoms with Crippen LogP contribution < -0.4 is 0 Å². The summed E-state index contributed by atoms with van der Waals surface area (Å²) in [5.41, 5.74) is 6.85. The van der Waals surface area contributed by atoms with Gasteiger partial charge in [-0.3, -0.25) is 9.47 Å². The minimum atomic E-state index is 1.000. The van der Waals surface area contributed by atoms with Crippen molar-refractivity contribution in [2.75, 3.05) is 13.1 Å². The van der Waals surface area contributed by atoms with Gasteiger partial charge >= 0.3 is 0 Å². The van der Waals surface area contributed by atoms with Gasteiger partial charge in [-0.15, -0.1) is 0 Å². The molecule has 4 heteroatoms. The number of fused-ring (bicyclic) bond motifs is 1. The van der Waals surface area contributed by atoms with Crippen LogP contribution in [0.4, 0.5) is 0 Å². The lowest BCUT2D eigenvalue weighted by Gasteiger charge is -2.26. The molecule has 0 saturated carbocycles. The second-order valence-electron chi connectivity index (χ2n) is 7.33. The maximum Gasteiger partial charge on any atom is 0.100 e. The van der Waals surface area contributed by atoms with Gasteiger partial charge in [0.15, 0.2) is 0 Å². The van der Waals surface area contributed by atoms with Crippen LogP contribution in [0.1, 0.15) is 24.8 Å². The number of likely N-dealkylation sites (tertiary alicyclic amines) is 1. The molecule has 5 rings (SSSR count). The molecule has 0 bridgehead atoms. The van der Waals surface area contributed by atoms with Gasteiger partial charge in [0, 0.05) is 17.8 Å². The third kappa shape index (κ3) is 3.28. The van der Waals surface area contributed by atoms with E-state index in [9.17, 15) is 0 Å². The highest BCUT2D eigenvalue weighted by atomic mass is 16.3. The fourth-order valence-corrected chi connectivity index (χ4v) is 3.96. The lowest BCUT2D eigenvalue weighted by molar-refractivity contribution is 0.221. The summed E-state index contributed by atoms with van der Waals surface area (Å²) in [5, 5.41) is 0. The third-order valence-electron chi connectivity index (χ3n) is 5.47. The molecule has 1 aliphatic heterocycles. The fourth-order valence-electron chi connectivity index (χ4n) is 3.96. The summed E-state index contributed by atoms with van der Waals surface area (Å²) in [5.74, 6) is 0. The molecule has 136 valence electrons. The van der Waals surface area contributed by atoms with Crippen molar-refractivity contribution in [3.05, 3.63) is 72.9 Å². The lowest BCUT2D eigenvalue weighted by Crippen LogP contribution is -2.29. The smallest absolute Gasteiger partial charge is 0.100 e. The summed E-state index contributed by atoms with van der Waals surface area (Å²) in [4.78, 5) is 7.12. The Balaban J connectivity index is 1.43. The summed E-state index contributed by atoms with van der Waals surface area (Å²) in [7, 11) is 0. The fraction of sp³-hybridized carbons (Fsp3) is 0.261. The second kappa shape index (κ2) is 7.05. The van der Waals surface area contributed by atoms with Crippen LogP contribution in [-0.2, 0) is 6.54 Å². The van der Waals surface area contributed by atoms with Crippen molar-refractivity contribution in [1.82, 2.24) is 14.5 Å². The van der Waals surface area contributed by atoms with Gasteiger partial charge in [0.05, 0.1) is 23.6 Å². The molecular formula is C23H23N3O. The van der Waals surface area contributed by atoms with E-state index in [1.165, 1.54) is 37.9 Å². The average Bonchev–Trinajstić information content (AvgIpc) is 3.39. The molecule has 0 aliphatic carbocycles. The third-order valence-corrected chi connectivity index (χ3v) is 5.47. The van der Waals surface area contributed by atoms with Crippen LogP contribution in [0.3, 0.4) is 0 Å². The number of nitrogens with zero attached hydrogens (tertiary/aromatic N) is 3. The molecule has 3 heterocycles. The van der Waals surface area contributed by atoms with Gasteiger partial charge in [-0.2, -0.15) is 0 Å². The van der Waals surface area contributed by atoms with Crippen LogP contribution in [0.5, 0.6) is 0 Å². The Labute approximate surface area is 159 Å². The quantitative estimate of drug-likeness (QED) is 0.499. The molecule has 1 fully saturated rings. The predicted octanol–water partition coefficient (Wildman–Crippen LogP) is 5.27. The first-order valence-electron chi connectivity index (χ1n) is 9.68. The Bertz CT molecular complexity index is 1030. The van der Waals surface area contributed by atoms with Gasteiger partial charge in [0.1, 0.15) is 6.33 Å². The Hall–Kier alpha value is -2.85. The molecule has 2 aromatic carbocycles. The van der Waals surface area contributed by atoms with Crippen molar-refractivity contribution in [2.45, 2.75) is 25.8 Å². The van der Waals surface area contributed by atoms with Gasteiger partial charge in [-0.1, -0.05) is 24.6 Å². The number of imidazole rings is 1. The number of furan rings is 1. The number of aromatic nitrogens is 2. The van der Waals surface area contributed by atoms with Crippen LogP contribution in [0.25, 0.3) is 27.8 Å². The first-order valence-corrected chi connectivity index (χ1v) is 9.68. The highest BCUT2D eigenvalue weighted by molar-refractivity contribution is 5.83. The number of piperidine rings is 1. The SMILES string of the molecule is c1cc(-c2ccc3ncn(-c4ccc(CN5CCCCC5)cc4)c3c2)co1. The van der Waals surface area contributed by atoms with E-state index in [0.717, 1.165) is 34.4 Å². The van der Waals surface area contributed by atoms with Crippen LogP contribution in [-0.4, -0.2) is 27.5 Å². The highest BCUT2D eigenvalue weighted by Gasteiger charge is 2.11. The Morgan fingerprint density at radius 1 is 0.889 bits per heavy atom. The van der Waals surface area contributed by atoms with E-state index < -0.39 is 0 Å². The van der Waals surface area contributed by atoms with Crippen LogP contribution in [0.15, 0.2) is 71.8 Å². The first-order chi connectivity index (χ1) is 13.4. The molecule has 4 nitrogen and oxygen atoms in total. The Morgan fingerprint density at radius 3 is 2.52 bits per heavy atom. The Morgan fingerprint density at radius 2 is 1.74 bits per heavy atom. The maximum atomic E-state index is 5.23. The van der Waals surface area contributed by atoms with Crippen LogP contribution in [0.2, 0.25) is 0 Å². The van der Waals surface area contributed by atoms with Gasteiger partial charge in [-0.05, 0) is 67.4 Å². The molecular weight excluding hydrogens is 334 g/mol. The number of hydrogen-bond donors (Lipinski definition) is 0. The predicted molar refractivity (Wildman–Crippen MR) is 108 cm³/mol. The zero-order valence-electron chi connectivity index (χ0n) is 15.3. The van der Waals surface area contributed by atoms with Crippen molar-refractivity contribution in [3.8, 4) is 16.8 Å². The molecule has 0 unspecified atom stereocenters. The monoisotopic (exact) mass is 357 g/mol. The van der Waals surface area contributed by atoms with Crippen LogP contribution in [0, 0.1) is 0 Å². The molecule has 4 aromatic rings. The number of rotatable bonds is 4. The molecule has 0 radical (unpaired) electrons. The summed E-state index contributed by atoms with van der Waals surface area (Å²) >= 11 is 0. The normalized spacial score (nSPS) is 15.4. The standard InChI is InChI=1S/C23H23N3O/c1-2-11-25(12-3-1)15-18-4-7-21(8-5-18)26-17-24-22-9-6-19(14-23(22)26)20-10-13-27-16-20/h4-10,13-14,16-17H,1-3,11-12,15H2. The van der Waals surface area contributed by atoms with E-state index in [-0.39, 0.29) is 0 Å². The van der Waals surface area contributed by atoms with E-state index in [4.69, 9.17) is 4.42 Å². The van der Waals surface area contributed by atoms with Gasteiger partial charge in [0.2, 0.25) is 0 Å². The summed E-state index contributed by atoms with van der Waals surface area (Å²) < 4.78 is 7.38. The minimum absolute atomic E-state index is 1.000. The minimum Gasteiger partial charge on any atom is -0.472 e. The molecule has 2 aromatic heterocycles. The van der Waals surface area contributed by atoms with Crippen molar-refractivity contribution < 1.29 is 4.42 Å². The molecule has 27 heavy (non-hydrogen) atoms. The molecule has 1 aliphatic rings. The van der Waals surface area contributed by atoms with E-state index in [0.29, 0.717) is 0 Å². The van der Waals surface area contributed by atoms with Crippen molar-refractivity contribution in [3.63, 3.8) is 0 Å². The van der Waals surface area contributed by atoms with Crippen molar-refractivity contribution >= 4 is 11.0 Å².